The first kappa shape index (κ1) is 15.1. The number of carboxylic acids is 1. The van der Waals surface area contributed by atoms with Gasteiger partial charge in [-0.25, -0.2) is 13.2 Å². The van der Waals surface area contributed by atoms with Crippen LogP contribution in [0.3, 0.4) is 0 Å². The van der Waals surface area contributed by atoms with E-state index in [1.165, 1.54) is 7.11 Å². The van der Waals surface area contributed by atoms with Gasteiger partial charge in [0.1, 0.15) is 4.90 Å². The number of methoxy groups -OCH3 is 1. The normalized spacial score (nSPS) is 11.7. The molecule has 2 N–H and O–H groups in total. The molecule has 0 atom stereocenters. The number of ether oxygens (including phenoxy) is 1. The Kier molecular flexibility index (Phi) is 5.28. The van der Waals surface area contributed by atoms with Gasteiger partial charge in [0, 0.05) is 13.2 Å². The number of halogens is 1. The van der Waals surface area contributed by atoms with Gasteiger partial charge in [-0.3, -0.25) is 4.84 Å². The lowest BCUT2D eigenvalue weighted by Crippen LogP contribution is -2.25. The summed E-state index contributed by atoms with van der Waals surface area (Å²) in [6.45, 7) is 0.215. The van der Waals surface area contributed by atoms with Crippen LogP contribution in [0.15, 0.2) is 20.0 Å². The fraction of sp³-hybridized carbons (Fsp3) is 0.375. The van der Waals surface area contributed by atoms with Crippen LogP contribution in [0.5, 0.6) is 0 Å². The summed E-state index contributed by atoms with van der Waals surface area (Å²) in [6.07, 6.45) is 0. The molecule has 1 rings (SSSR count). The molecule has 0 radical (unpaired) electrons. The van der Waals surface area contributed by atoms with Gasteiger partial charge in [-0.05, 0) is 15.9 Å². The minimum atomic E-state index is -4.02. The van der Waals surface area contributed by atoms with E-state index in [0.29, 0.717) is 0 Å². The van der Waals surface area contributed by atoms with Gasteiger partial charge in [-0.15, -0.1) is 0 Å². The highest BCUT2D eigenvalue weighted by Gasteiger charge is 2.25. The highest BCUT2D eigenvalue weighted by molar-refractivity contribution is 9.10. The number of hydrogen-bond acceptors (Lipinski definition) is 6. The first-order valence-corrected chi connectivity index (χ1v) is 6.81. The van der Waals surface area contributed by atoms with E-state index in [2.05, 4.69) is 25.5 Å². The number of rotatable bonds is 7. The Labute approximate surface area is 111 Å². The van der Waals surface area contributed by atoms with Crippen LogP contribution in [-0.4, -0.2) is 39.8 Å². The van der Waals surface area contributed by atoms with Gasteiger partial charge >= 0.3 is 5.97 Å². The highest BCUT2D eigenvalue weighted by Crippen LogP contribution is 2.25. The predicted octanol–water partition coefficient (Wildman–Crippen LogP) is 0.597. The second-order valence-electron chi connectivity index (χ2n) is 2.98. The van der Waals surface area contributed by atoms with Gasteiger partial charge in [-0.2, -0.15) is 0 Å². The zero-order chi connectivity index (χ0) is 13.8. The van der Waals surface area contributed by atoms with Crippen molar-refractivity contribution < 1.29 is 32.3 Å². The third kappa shape index (κ3) is 3.78. The van der Waals surface area contributed by atoms with Crippen molar-refractivity contribution in [1.82, 2.24) is 4.89 Å². The van der Waals surface area contributed by atoms with Gasteiger partial charge in [0.05, 0.1) is 13.2 Å². The molecule has 1 aromatic heterocycles. The molecule has 0 aliphatic rings. The minimum Gasteiger partial charge on any atom is -0.475 e. The van der Waals surface area contributed by atoms with Crippen molar-refractivity contribution in [3.63, 3.8) is 0 Å². The summed E-state index contributed by atoms with van der Waals surface area (Å²) in [5.41, 5.74) is 0. The van der Waals surface area contributed by atoms with Crippen molar-refractivity contribution >= 4 is 31.9 Å². The van der Waals surface area contributed by atoms with E-state index in [4.69, 9.17) is 9.52 Å². The Morgan fingerprint density at radius 1 is 1.56 bits per heavy atom. The van der Waals surface area contributed by atoms with E-state index in [1.807, 2.05) is 4.89 Å². The minimum absolute atomic E-state index is 0.0109. The molecule has 0 aliphatic carbocycles. The lowest BCUT2D eigenvalue weighted by atomic mass is 10.5. The fourth-order valence-electron chi connectivity index (χ4n) is 0.930. The van der Waals surface area contributed by atoms with E-state index >= 15 is 0 Å². The number of furan rings is 1. The number of nitrogens with one attached hydrogen (secondary N) is 1. The van der Waals surface area contributed by atoms with Crippen molar-refractivity contribution in [3.8, 4) is 0 Å². The Bertz CT molecular complexity index is 524. The van der Waals surface area contributed by atoms with Crippen LogP contribution in [0, 0.1) is 0 Å². The summed E-state index contributed by atoms with van der Waals surface area (Å²) in [7, 11) is -2.58. The standard InChI is InChI=1S/C8H10BrNO7S/c1-15-2-3-16-10-18(13,14)6-4-5(8(11)12)17-7(6)9/h4,10H,2-3H2,1H3,(H,11,12). The molecule has 0 bridgehead atoms. The zero-order valence-electron chi connectivity index (χ0n) is 9.17. The van der Waals surface area contributed by atoms with E-state index < -0.39 is 21.8 Å². The Balaban J connectivity index is 2.81. The number of carbonyl (C=O) groups is 1. The fourth-order valence-corrected chi connectivity index (χ4v) is 2.70. The van der Waals surface area contributed by atoms with Crippen molar-refractivity contribution in [3.05, 3.63) is 16.5 Å². The number of hydrogen-bond donors (Lipinski definition) is 2. The molecule has 10 heteroatoms. The molecular formula is C8H10BrNO7S. The van der Waals surface area contributed by atoms with Crippen LogP contribution in [0.2, 0.25) is 0 Å². The Hall–Kier alpha value is -0.940. The Morgan fingerprint density at radius 3 is 2.72 bits per heavy atom. The molecule has 0 saturated heterocycles. The summed E-state index contributed by atoms with van der Waals surface area (Å²) < 4.78 is 32.5. The predicted molar refractivity (Wildman–Crippen MR) is 61.5 cm³/mol. The molecule has 1 heterocycles. The number of carboxylic acid groups (broad SMARTS) is 1. The maximum absolute atomic E-state index is 11.7. The van der Waals surface area contributed by atoms with Crippen LogP contribution in [0.1, 0.15) is 10.6 Å². The average molecular weight is 344 g/mol. The molecule has 18 heavy (non-hydrogen) atoms. The largest absolute Gasteiger partial charge is 0.475 e. The average Bonchev–Trinajstić information content (AvgIpc) is 2.68. The molecule has 0 aromatic carbocycles. The highest BCUT2D eigenvalue weighted by atomic mass is 79.9. The molecule has 0 unspecified atom stereocenters. The third-order valence-electron chi connectivity index (χ3n) is 1.71. The van der Waals surface area contributed by atoms with Gasteiger partial charge < -0.3 is 14.3 Å². The van der Waals surface area contributed by atoms with E-state index in [0.717, 1.165) is 6.07 Å². The lowest BCUT2D eigenvalue weighted by molar-refractivity contribution is 0.0438. The molecule has 102 valence electrons. The monoisotopic (exact) mass is 343 g/mol. The van der Waals surface area contributed by atoms with E-state index in [9.17, 15) is 13.2 Å². The van der Waals surface area contributed by atoms with Crippen LogP contribution in [-0.2, 0) is 19.6 Å². The maximum atomic E-state index is 11.7. The molecule has 1 aromatic rings. The van der Waals surface area contributed by atoms with Gasteiger partial charge in [0.15, 0.2) is 4.67 Å². The summed E-state index contributed by atoms with van der Waals surface area (Å²) in [5, 5.41) is 8.66. The maximum Gasteiger partial charge on any atom is 0.371 e. The first-order valence-electron chi connectivity index (χ1n) is 4.53. The van der Waals surface area contributed by atoms with Gasteiger partial charge in [-0.1, -0.05) is 4.89 Å². The van der Waals surface area contributed by atoms with Crippen LogP contribution < -0.4 is 4.89 Å². The molecule has 0 spiro atoms. The quantitative estimate of drug-likeness (QED) is 0.550. The summed E-state index contributed by atoms with van der Waals surface area (Å²) in [6, 6.07) is 0.869. The van der Waals surface area contributed by atoms with Crippen molar-refractivity contribution in [2.75, 3.05) is 20.3 Å². The number of aromatic carboxylic acids is 1. The van der Waals surface area contributed by atoms with Crippen LogP contribution >= 0.6 is 15.9 Å². The summed E-state index contributed by atoms with van der Waals surface area (Å²) >= 11 is 2.81. The van der Waals surface area contributed by atoms with E-state index in [-0.39, 0.29) is 22.8 Å². The SMILES string of the molecule is COCCONS(=O)(=O)c1cc(C(=O)O)oc1Br. The molecule has 8 nitrogen and oxygen atoms in total. The smallest absolute Gasteiger partial charge is 0.371 e. The molecule has 0 aliphatic heterocycles. The van der Waals surface area contributed by atoms with Crippen LogP contribution in [0.25, 0.3) is 0 Å². The second kappa shape index (κ2) is 6.29. The molecule has 0 amide bonds. The summed E-state index contributed by atoms with van der Waals surface area (Å²) in [5.74, 6) is -1.88. The van der Waals surface area contributed by atoms with Gasteiger partial charge in [0.2, 0.25) is 5.76 Å². The van der Waals surface area contributed by atoms with Crippen molar-refractivity contribution in [1.29, 1.82) is 0 Å². The van der Waals surface area contributed by atoms with Crippen molar-refractivity contribution in [2.24, 2.45) is 0 Å². The zero-order valence-corrected chi connectivity index (χ0v) is 11.6. The first-order chi connectivity index (χ1) is 8.38. The van der Waals surface area contributed by atoms with Gasteiger partial charge in [0.25, 0.3) is 10.0 Å². The third-order valence-corrected chi connectivity index (χ3v) is 3.78. The Morgan fingerprint density at radius 2 is 2.22 bits per heavy atom. The van der Waals surface area contributed by atoms with E-state index in [1.54, 1.807) is 0 Å². The topological polar surface area (TPSA) is 115 Å². The second-order valence-corrected chi connectivity index (χ2v) is 5.32. The lowest BCUT2D eigenvalue weighted by Gasteiger charge is -2.04. The summed E-state index contributed by atoms with van der Waals surface area (Å²) in [4.78, 5) is 16.7. The number of sulfonamides is 1. The van der Waals surface area contributed by atoms with Crippen LogP contribution in [0.4, 0.5) is 0 Å². The molecule has 0 saturated carbocycles. The molecular weight excluding hydrogens is 334 g/mol. The van der Waals surface area contributed by atoms with Crippen molar-refractivity contribution in [2.45, 2.75) is 4.90 Å². The molecule has 0 fully saturated rings.